The molecule has 30 heavy (non-hydrogen) atoms. The van der Waals surface area contributed by atoms with Gasteiger partial charge >= 0.3 is 0 Å². The maximum absolute atomic E-state index is 12.2. The number of nitrogens with zero attached hydrogens (tertiary/aromatic N) is 2. The summed E-state index contributed by atoms with van der Waals surface area (Å²) in [5.74, 6) is -0.0822. The Morgan fingerprint density at radius 2 is 1.70 bits per heavy atom. The Hall–Kier alpha value is -3.13. The van der Waals surface area contributed by atoms with Gasteiger partial charge in [0.05, 0.1) is 12.3 Å². The normalized spacial score (nSPS) is 10.7. The number of anilines is 1. The van der Waals surface area contributed by atoms with Crippen molar-refractivity contribution >= 4 is 29.3 Å². The van der Waals surface area contributed by atoms with Crippen molar-refractivity contribution in [3.8, 4) is 11.5 Å². The molecule has 0 fully saturated rings. The molecule has 0 atom stereocenters. The van der Waals surface area contributed by atoms with Crippen LogP contribution in [0.4, 0.5) is 5.69 Å². The van der Waals surface area contributed by atoms with Crippen molar-refractivity contribution in [2.24, 2.45) is 0 Å². The first-order valence-corrected chi connectivity index (χ1v) is 10.5. The highest BCUT2D eigenvalue weighted by atomic mass is 32.2. The van der Waals surface area contributed by atoms with E-state index in [0.717, 1.165) is 45.3 Å². The molecule has 0 aliphatic carbocycles. The van der Waals surface area contributed by atoms with E-state index in [2.05, 4.69) is 20.8 Å². The number of rotatable bonds is 7. The quantitative estimate of drug-likeness (QED) is 0.560. The lowest BCUT2D eigenvalue weighted by molar-refractivity contribution is -0.122. The monoisotopic (exact) mass is 424 g/mol. The van der Waals surface area contributed by atoms with Crippen molar-refractivity contribution in [2.75, 3.05) is 17.6 Å². The fourth-order valence-corrected chi connectivity index (χ4v) is 3.67. The predicted octanol–water partition coefficient (Wildman–Crippen LogP) is 3.82. The predicted molar refractivity (Wildman–Crippen MR) is 117 cm³/mol. The third kappa shape index (κ3) is 5.70. The summed E-state index contributed by atoms with van der Waals surface area (Å²) < 4.78 is 5.60. The van der Waals surface area contributed by atoms with Crippen molar-refractivity contribution in [3.05, 3.63) is 58.7 Å². The lowest BCUT2D eigenvalue weighted by Crippen LogP contribution is -2.34. The summed E-state index contributed by atoms with van der Waals surface area (Å²) in [6.07, 6.45) is 0. The number of nitrogens with one attached hydrogen (secondary N) is 2. The van der Waals surface area contributed by atoms with Crippen molar-refractivity contribution < 1.29 is 14.0 Å². The zero-order chi connectivity index (χ0) is 21.7. The van der Waals surface area contributed by atoms with E-state index in [1.165, 1.54) is 0 Å². The summed E-state index contributed by atoms with van der Waals surface area (Å²) in [4.78, 5) is 24.3. The molecule has 7 nitrogen and oxygen atoms in total. The molecule has 0 saturated carbocycles. The van der Waals surface area contributed by atoms with Gasteiger partial charge in [0.15, 0.2) is 0 Å². The minimum atomic E-state index is -0.289. The molecule has 1 aromatic heterocycles. The summed E-state index contributed by atoms with van der Waals surface area (Å²) in [7, 11) is 0. The van der Waals surface area contributed by atoms with Gasteiger partial charge in [-0.05, 0) is 51.0 Å². The number of hydrogen-bond acceptors (Lipinski definition) is 6. The highest BCUT2D eigenvalue weighted by molar-refractivity contribution is 7.99. The Morgan fingerprint density at radius 1 is 0.967 bits per heavy atom. The fourth-order valence-electron chi connectivity index (χ4n) is 3.08. The average molecular weight is 425 g/mol. The zero-order valence-corrected chi connectivity index (χ0v) is 18.2. The molecule has 0 unspecified atom stereocenters. The number of aryl methyl sites for hydroxylation is 4. The first kappa shape index (κ1) is 21.6. The fraction of sp³-hybridized carbons (Fsp3) is 0.273. The van der Waals surface area contributed by atoms with E-state index < -0.39 is 0 Å². The highest BCUT2D eigenvalue weighted by Crippen LogP contribution is 2.24. The Balaban J connectivity index is 1.47. The number of aromatic nitrogens is 2. The van der Waals surface area contributed by atoms with Crippen LogP contribution in [0.5, 0.6) is 0 Å². The van der Waals surface area contributed by atoms with E-state index in [-0.39, 0.29) is 24.1 Å². The molecule has 0 spiro atoms. The van der Waals surface area contributed by atoms with Crippen LogP contribution in [-0.4, -0.2) is 34.3 Å². The number of benzene rings is 2. The van der Waals surface area contributed by atoms with Gasteiger partial charge < -0.3 is 15.1 Å². The molecule has 8 heteroatoms. The van der Waals surface area contributed by atoms with Gasteiger partial charge in [-0.15, -0.1) is 10.2 Å². The zero-order valence-electron chi connectivity index (χ0n) is 17.4. The van der Waals surface area contributed by atoms with E-state index in [9.17, 15) is 9.59 Å². The van der Waals surface area contributed by atoms with E-state index >= 15 is 0 Å². The molecule has 1 heterocycles. The number of carbonyl (C=O) groups is 2. The van der Waals surface area contributed by atoms with Gasteiger partial charge in [-0.3, -0.25) is 9.59 Å². The molecule has 3 aromatic rings. The van der Waals surface area contributed by atoms with Crippen LogP contribution in [0.25, 0.3) is 11.5 Å². The minimum Gasteiger partial charge on any atom is -0.411 e. The van der Waals surface area contributed by atoms with E-state index in [0.29, 0.717) is 11.1 Å². The third-order valence-corrected chi connectivity index (χ3v) is 5.20. The number of amides is 2. The molecule has 2 aromatic carbocycles. The maximum Gasteiger partial charge on any atom is 0.277 e. The van der Waals surface area contributed by atoms with Crippen molar-refractivity contribution in [3.63, 3.8) is 0 Å². The molecule has 0 aliphatic rings. The maximum atomic E-state index is 12.2. The summed E-state index contributed by atoms with van der Waals surface area (Å²) in [5, 5.41) is 13.7. The standard InChI is InChI=1S/C22H24N4O3S/c1-13-6-5-7-17(10-13)21-25-26-22(29-21)30-12-19(28)23-11-18(27)24-20-15(3)8-14(2)9-16(20)4/h5-10H,11-12H2,1-4H3,(H,23,28)(H,24,27). The third-order valence-electron chi connectivity index (χ3n) is 4.39. The summed E-state index contributed by atoms with van der Waals surface area (Å²) >= 11 is 1.13. The topological polar surface area (TPSA) is 97.1 Å². The van der Waals surface area contributed by atoms with Gasteiger partial charge in [0.25, 0.3) is 5.22 Å². The second kappa shape index (κ2) is 9.58. The van der Waals surface area contributed by atoms with Crippen LogP contribution in [0.1, 0.15) is 22.3 Å². The van der Waals surface area contributed by atoms with E-state index in [1.807, 2.05) is 64.1 Å². The second-order valence-corrected chi connectivity index (χ2v) is 8.06. The Labute approximate surface area is 179 Å². The number of carbonyl (C=O) groups excluding carboxylic acids is 2. The van der Waals surface area contributed by atoms with Crippen LogP contribution in [0.3, 0.4) is 0 Å². The summed E-state index contributed by atoms with van der Waals surface area (Å²) in [6, 6.07) is 11.8. The van der Waals surface area contributed by atoms with Crippen LogP contribution in [-0.2, 0) is 9.59 Å². The van der Waals surface area contributed by atoms with Gasteiger partial charge in [-0.1, -0.05) is 47.2 Å². The minimum absolute atomic E-state index is 0.0747. The smallest absolute Gasteiger partial charge is 0.277 e. The number of thioether (sulfide) groups is 1. The number of hydrogen-bond donors (Lipinski definition) is 2. The lowest BCUT2D eigenvalue weighted by Gasteiger charge is -2.13. The molecule has 3 rings (SSSR count). The first-order valence-electron chi connectivity index (χ1n) is 9.49. The summed E-state index contributed by atoms with van der Waals surface area (Å²) in [6.45, 7) is 7.78. The largest absolute Gasteiger partial charge is 0.411 e. The van der Waals surface area contributed by atoms with Crippen LogP contribution < -0.4 is 10.6 Å². The molecule has 0 radical (unpaired) electrons. The Bertz CT molecular complexity index is 1050. The molecule has 156 valence electrons. The molecular weight excluding hydrogens is 400 g/mol. The van der Waals surface area contributed by atoms with Gasteiger partial charge in [0, 0.05) is 11.3 Å². The highest BCUT2D eigenvalue weighted by Gasteiger charge is 2.13. The summed E-state index contributed by atoms with van der Waals surface area (Å²) in [5.41, 5.74) is 5.82. The van der Waals surface area contributed by atoms with Gasteiger partial charge in [-0.2, -0.15) is 0 Å². The second-order valence-electron chi connectivity index (χ2n) is 7.13. The molecule has 2 amide bonds. The Kier molecular flexibility index (Phi) is 6.89. The van der Waals surface area contributed by atoms with Crippen LogP contribution in [0.15, 0.2) is 46.0 Å². The van der Waals surface area contributed by atoms with Gasteiger partial charge in [0.2, 0.25) is 17.7 Å². The molecule has 0 saturated heterocycles. The SMILES string of the molecule is Cc1cccc(-c2nnc(SCC(=O)NCC(=O)Nc3c(C)cc(C)cc3C)o2)c1. The Morgan fingerprint density at radius 3 is 2.40 bits per heavy atom. The van der Waals surface area contributed by atoms with Gasteiger partial charge in [0.1, 0.15) is 0 Å². The van der Waals surface area contributed by atoms with Crippen LogP contribution >= 0.6 is 11.8 Å². The van der Waals surface area contributed by atoms with Crippen molar-refractivity contribution in [1.82, 2.24) is 15.5 Å². The molecule has 0 aliphatic heterocycles. The molecular formula is C22H24N4O3S. The van der Waals surface area contributed by atoms with Gasteiger partial charge in [-0.25, -0.2) is 0 Å². The van der Waals surface area contributed by atoms with Crippen molar-refractivity contribution in [2.45, 2.75) is 32.9 Å². The van der Waals surface area contributed by atoms with Crippen LogP contribution in [0.2, 0.25) is 0 Å². The first-order chi connectivity index (χ1) is 14.3. The molecule has 2 N–H and O–H groups in total. The van der Waals surface area contributed by atoms with E-state index in [1.54, 1.807) is 0 Å². The van der Waals surface area contributed by atoms with Crippen LogP contribution in [0, 0.1) is 27.7 Å². The lowest BCUT2D eigenvalue weighted by atomic mass is 10.1. The van der Waals surface area contributed by atoms with E-state index in [4.69, 9.17) is 4.42 Å². The molecule has 0 bridgehead atoms. The van der Waals surface area contributed by atoms with Crippen molar-refractivity contribution in [1.29, 1.82) is 0 Å². The average Bonchev–Trinajstić information content (AvgIpc) is 3.16.